The Hall–Kier alpha value is -1.65. The fraction of sp³-hybridized carbons (Fsp3) is 0.762. The third-order valence-electron chi connectivity index (χ3n) is 5.34. The molecular formula is C21H30F2O5. The smallest absolute Gasteiger partial charge is 0.311 e. The van der Waals surface area contributed by atoms with Crippen LogP contribution in [-0.2, 0) is 14.3 Å². The Morgan fingerprint density at radius 3 is 2.86 bits per heavy atom. The molecule has 0 aromatic rings. The van der Waals surface area contributed by atoms with E-state index in [1.807, 2.05) is 0 Å². The molecule has 2 fully saturated rings. The number of methoxy groups -OCH3 is 1. The molecule has 28 heavy (non-hydrogen) atoms. The number of unbranched alkanes of at least 4 members (excludes halogenated alkanes) is 3. The first kappa shape index (κ1) is 22.6. The Bertz CT molecular complexity index is 622. The van der Waals surface area contributed by atoms with Crippen LogP contribution in [0.4, 0.5) is 8.78 Å². The van der Waals surface area contributed by atoms with E-state index in [2.05, 4.69) is 23.5 Å². The Morgan fingerprint density at radius 1 is 1.43 bits per heavy atom. The van der Waals surface area contributed by atoms with Crippen LogP contribution in [0, 0.1) is 23.7 Å². The normalized spacial score (nSPS) is 30.3. The maximum atomic E-state index is 14.9. The number of allylic oxidation sites excluding steroid dienone is 2. The molecule has 0 bridgehead atoms. The number of hydrogen-bond donors (Lipinski definition) is 2. The van der Waals surface area contributed by atoms with Crippen molar-refractivity contribution >= 4 is 5.97 Å². The van der Waals surface area contributed by atoms with Crippen LogP contribution < -0.4 is 0 Å². The molecule has 7 heteroatoms. The molecule has 1 aliphatic carbocycles. The molecule has 0 aromatic carbocycles. The number of rotatable bonds is 8. The Balaban J connectivity index is 2.01. The van der Waals surface area contributed by atoms with Crippen LogP contribution in [0.5, 0.6) is 0 Å². The van der Waals surface area contributed by atoms with E-state index in [4.69, 9.17) is 4.74 Å². The van der Waals surface area contributed by atoms with Crippen molar-refractivity contribution in [3.63, 3.8) is 0 Å². The molecule has 1 saturated carbocycles. The summed E-state index contributed by atoms with van der Waals surface area (Å²) >= 11 is 0. The Kier molecular flexibility index (Phi) is 8.26. The molecule has 5 nitrogen and oxygen atoms in total. The van der Waals surface area contributed by atoms with Crippen molar-refractivity contribution in [2.45, 2.75) is 82.5 Å². The molecule has 0 amide bonds. The van der Waals surface area contributed by atoms with Crippen molar-refractivity contribution < 1.29 is 33.3 Å². The fourth-order valence-electron chi connectivity index (χ4n) is 3.79. The molecule has 2 aliphatic rings. The average Bonchev–Trinajstić information content (AvgIpc) is 3.09. The fourth-order valence-corrected chi connectivity index (χ4v) is 3.79. The van der Waals surface area contributed by atoms with Gasteiger partial charge in [0.05, 0.1) is 25.0 Å². The number of aliphatic hydroxyl groups excluding tert-OH is 2. The highest BCUT2D eigenvalue weighted by molar-refractivity contribution is 5.69. The van der Waals surface area contributed by atoms with Gasteiger partial charge in [-0.05, 0) is 31.8 Å². The quantitative estimate of drug-likeness (QED) is 0.372. The van der Waals surface area contributed by atoms with Crippen LogP contribution in [0.15, 0.2) is 11.8 Å². The maximum absolute atomic E-state index is 14.9. The number of esters is 1. The minimum Gasteiger partial charge on any atom is -0.488 e. The molecule has 0 radical (unpaired) electrons. The molecule has 0 aromatic heterocycles. The molecule has 1 saturated heterocycles. The predicted octanol–water partition coefficient (Wildman–Crippen LogP) is 3.19. The number of hydrogen-bond acceptors (Lipinski definition) is 5. The Morgan fingerprint density at radius 2 is 2.18 bits per heavy atom. The first-order valence-electron chi connectivity index (χ1n) is 10.00. The molecule has 5 atom stereocenters. The number of aliphatic hydroxyl groups is 2. The van der Waals surface area contributed by atoms with E-state index in [0.29, 0.717) is 12.8 Å². The van der Waals surface area contributed by atoms with Gasteiger partial charge in [-0.25, -0.2) is 0 Å². The topological polar surface area (TPSA) is 76.0 Å². The van der Waals surface area contributed by atoms with Gasteiger partial charge < -0.3 is 19.7 Å². The summed E-state index contributed by atoms with van der Waals surface area (Å²) in [4.78, 5) is 11.1. The summed E-state index contributed by atoms with van der Waals surface area (Å²) in [5.74, 6) is -0.869. The van der Waals surface area contributed by atoms with Crippen LogP contribution in [0.3, 0.4) is 0 Å². The van der Waals surface area contributed by atoms with Gasteiger partial charge in [0, 0.05) is 12.8 Å². The minimum atomic E-state index is -3.24. The standard InChI is InChI=1S/C21H30F2O5/c1-3-4-5-8-14(24)11-12-15-16(25)13-17-20(15)21(22,23)18(28-17)9-6-7-10-19(26)27-2/h9,14-17,20,24-25H,3-8,10,13H2,1-2H3. The van der Waals surface area contributed by atoms with E-state index < -0.39 is 41.8 Å². The van der Waals surface area contributed by atoms with E-state index in [-0.39, 0.29) is 25.2 Å². The highest BCUT2D eigenvalue weighted by Gasteiger charge is 2.63. The number of alkyl halides is 2. The van der Waals surface area contributed by atoms with Crippen LogP contribution in [0.1, 0.15) is 58.3 Å². The van der Waals surface area contributed by atoms with Crippen LogP contribution in [0.25, 0.3) is 0 Å². The summed E-state index contributed by atoms with van der Waals surface area (Å²) in [6, 6.07) is 0. The van der Waals surface area contributed by atoms with Crippen LogP contribution in [0.2, 0.25) is 0 Å². The SMILES string of the molecule is CCCCCC(O)C#CC1C(O)CC2OC(=CCCCC(=O)OC)C(F)(F)C21. The van der Waals surface area contributed by atoms with E-state index in [1.54, 1.807) is 0 Å². The van der Waals surface area contributed by atoms with Gasteiger partial charge >= 0.3 is 11.9 Å². The van der Waals surface area contributed by atoms with E-state index in [1.165, 1.54) is 13.2 Å². The number of carbonyl (C=O) groups excluding carboxylic acids is 1. The molecule has 5 unspecified atom stereocenters. The predicted molar refractivity (Wildman–Crippen MR) is 99.3 cm³/mol. The van der Waals surface area contributed by atoms with Crippen molar-refractivity contribution in [3.05, 3.63) is 11.8 Å². The van der Waals surface area contributed by atoms with Gasteiger partial charge in [-0.15, -0.1) is 0 Å². The third kappa shape index (κ3) is 5.45. The van der Waals surface area contributed by atoms with Crippen molar-refractivity contribution in [3.8, 4) is 11.8 Å². The number of fused-ring (bicyclic) bond motifs is 1. The highest BCUT2D eigenvalue weighted by atomic mass is 19.3. The summed E-state index contributed by atoms with van der Waals surface area (Å²) in [6.45, 7) is 2.05. The van der Waals surface area contributed by atoms with Crippen molar-refractivity contribution in [2.24, 2.45) is 11.8 Å². The lowest BCUT2D eigenvalue weighted by Crippen LogP contribution is -2.33. The second kappa shape index (κ2) is 10.2. The third-order valence-corrected chi connectivity index (χ3v) is 5.34. The summed E-state index contributed by atoms with van der Waals surface area (Å²) < 4.78 is 39.7. The largest absolute Gasteiger partial charge is 0.488 e. The first-order valence-corrected chi connectivity index (χ1v) is 10.00. The lowest BCUT2D eigenvalue weighted by Gasteiger charge is -2.21. The summed E-state index contributed by atoms with van der Waals surface area (Å²) in [5.41, 5.74) is 0. The Labute approximate surface area is 165 Å². The molecule has 2 N–H and O–H groups in total. The summed E-state index contributed by atoms with van der Waals surface area (Å²) in [7, 11) is 1.28. The van der Waals surface area contributed by atoms with Gasteiger partial charge in [0.25, 0.3) is 0 Å². The molecule has 158 valence electrons. The van der Waals surface area contributed by atoms with Gasteiger partial charge in [0.15, 0.2) is 5.76 Å². The lowest BCUT2D eigenvalue weighted by atomic mass is 9.88. The first-order chi connectivity index (χ1) is 13.3. The van der Waals surface area contributed by atoms with Crippen molar-refractivity contribution in [2.75, 3.05) is 7.11 Å². The maximum Gasteiger partial charge on any atom is 0.311 e. The highest BCUT2D eigenvalue weighted by Crippen LogP contribution is 2.53. The summed E-state index contributed by atoms with van der Waals surface area (Å²) in [6.07, 6.45) is 2.86. The van der Waals surface area contributed by atoms with E-state index in [0.717, 1.165) is 19.3 Å². The molecule has 0 spiro atoms. The van der Waals surface area contributed by atoms with Gasteiger partial charge in [-0.3, -0.25) is 4.79 Å². The molecular weight excluding hydrogens is 370 g/mol. The van der Waals surface area contributed by atoms with Crippen molar-refractivity contribution in [1.29, 1.82) is 0 Å². The van der Waals surface area contributed by atoms with Crippen molar-refractivity contribution in [1.82, 2.24) is 0 Å². The van der Waals surface area contributed by atoms with Crippen LogP contribution in [-0.4, -0.2) is 47.5 Å². The second-order valence-corrected chi connectivity index (χ2v) is 7.47. The molecule has 1 heterocycles. The van der Waals surface area contributed by atoms with Gasteiger partial charge in [0.1, 0.15) is 12.2 Å². The minimum absolute atomic E-state index is 0.0883. The number of ether oxygens (including phenoxy) is 2. The molecule has 1 aliphatic heterocycles. The number of carbonyl (C=O) groups is 1. The summed E-state index contributed by atoms with van der Waals surface area (Å²) in [5, 5.41) is 20.1. The van der Waals surface area contributed by atoms with E-state index >= 15 is 0 Å². The zero-order valence-electron chi connectivity index (χ0n) is 16.5. The van der Waals surface area contributed by atoms with Gasteiger partial charge in [-0.1, -0.05) is 31.6 Å². The average molecular weight is 400 g/mol. The van der Waals surface area contributed by atoms with Gasteiger partial charge in [-0.2, -0.15) is 8.78 Å². The van der Waals surface area contributed by atoms with Gasteiger partial charge in [0.2, 0.25) is 0 Å². The molecule has 2 rings (SSSR count). The number of halogens is 2. The lowest BCUT2D eigenvalue weighted by molar-refractivity contribution is -0.140. The van der Waals surface area contributed by atoms with Crippen LogP contribution >= 0.6 is 0 Å². The zero-order valence-corrected chi connectivity index (χ0v) is 16.5. The zero-order chi connectivity index (χ0) is 20.7. The monoisotopic (exact) mass is 400 g/mol. The second-order valence-electron chi connectivity index (χ2n) is 7.47. The van der Waals surface area contributed by atoms with E-state index in [9.17, 15) is 23.8 Å².